The first-order valence-electron chi connectivity index (χ1n) is 10.2. The van der Waals surface area contributed by atoms with E-state index in [1.165, 1.54) is 0 Å². The minimum Gasteiger partial charge on any atom is -0.480 e. The molecule has 1 atom stereocenters. The molecule has 0 saturated carbocycles. The number of carboxylic acids is 1. The molecule has 160 valence electrons. The average molecular weight is 426 g/mol. The number of nitrogens with one attached hydrogen (secondary N) is 2. The molecule has 6 heteroatoms. The van der Waals surface area contributed by atoms with E-state index in [9.17, 15) is 14.7 Å². The molecule has 0 unspecified atom stereocenters. The number of hydrogen-bond acceptors (Lipinski definition) is 3. The van der Waals surface area contributed by atoms with Crippen LogP contribution in [0.15, 0.2) is 97.1 Å². The maximum absolute atomic E-state index is 12.6. The summed E-state index contributed by atoms with van der Waals surface area (Å²) in [7, 11) is 0. The van der Waals surface area contributed by atoms with Gasteiger partial charge < -0.3 is 20.5 Å². The van der Waals surface area contributed by atoms with E-state index in [-0.39, 0.29) is 6.42 Å². The predicted molar refractivity (Wildman–Crippen MR) is 124 cm³/mol. The molecule has 4 aromatic rings. The van der Waals surface area contributed by atoms with Crippen molar-refractivity contribution in [1.29, 1.82) is 0 Å². The Kier molecular flexibility index (Phi) is 6.32. The Balaban J connectivity index is 1.45. The van der Waals surface area contributed by atoms with Crippen LogP contribution < -0.4 is 15.4 Å². The number of aliphatic carboxylic acids is 1. The van der Waals surface area contributed by atoms with Gasteiger partial charge in [-0.3, -0.25) is 0 Å². The minimum atomic E-state index is -1.11. The smallest absolute Gasteiger partial charge is 0.326 e. The van der Waals surface area contributed by atoms with Crippen LogP contribution in [0.25, 0.3) is 10.8 Å². The van der Waals surface area contributed by atoms with E-state index in [4.69, 9.17) is 4.74 Å². The third kappa shape index (κ3) is 5.23. The molecule has 0 saturated heterocycles. The fourth-order valence-corrected chi connectivity index (χ4v) is 3.39. The summed E-state index contributed by atoms with van der Waals surface area (Å²) in [5.74, 6) is -0.0285. The topological polar surface area (TPSA) is 87.7 Å². The third-order valence-electron chi connectivity index (χ3n) is 4.96. The Labute approximate surface area is 185 Å². The first-order chi connectivity index (χ1) is 15.6. The lowest BCUT2D eigenvalue weighted by Crippen LogP contribution is -2.44. The van der Waals surface area contributed by atoms with Crippen molar-refractivity contribution < 1.29 is 19.4 Å². The number of carbonyl (C=O) groups excluding carboxylic acids is 1. The quantitative estimate of drug-likeness (QED) is 0.367. The van der Waals surface area contributed by atoms with E-state index < -0.39 is 18.0 Å². The van der Waals surface area contributed by atoms with Gasteiger partial charge in [-0.05, 0) is 40.6 Å². The molecular formula is C26H22N2O4. The molecule has 0 radical (unpaired) electrons. The van der Waals surface area contributed by atoms with E-state index in [0.717, 1.165) is 16.3 Å². The number of amides is 2. The number of para-hydroxylation sites is 3. The molecule has 3 N–H and O–H groups in total. The highest BCUT2D eigenvalue weighted by molar-refractivity contribution is 5.93. The summed E-state index contributed by atoms with van der Waals surface area (Å²) in [5.41, 5.74) is 1.26. The molecule has 0 aliphatic carbocycles. The zero-order valence-corrected chi connectivity index (χ0v) is 17.2. The molecule has 0 aromatic heterocycles. The van der Waals surface area contributed by atoms with Gasteiger partial charge in [0, 0.05) is 6.42 Å². The van der Waals surface area contributed by atoms with Crippen LogP contribution in [0.4, 0.5) is 10.5 Å². The van der Waals surface area contributed by atoms with Crippen molar-refractivity contribution in [3.8, 4) is 11.5 Å². The number of carboxylic acid groups (broad SMARTS) is 1. The van der Waals surface area contributed by atoms with Crippen LogP contribution in [0.1, 0.15) is 5.56 Å². The number of benzene rings is 4. The molecule has 0 fully saturated rings. The lowest BCUT2D eigenvalue weighted by Gasteiger charge is -2.17. The van der Waals surface area contributed by atoms with Crippen molar-refractivity contribution in [3.63, 3.8) is 0 Å². The van der Waals surface area contributed by atoms with Crippen molar-refractivity contribution in [2.24, 2.45) is 0 Å². The number of ether oxygens (including phenoxy) is 1. The SMILES string of the molecule is O=C(Nc1ccccc1Oc1ccccc1)N[C@H](Cc1ccc2ccccc2c1)C(=O)O. The highest BCUT2D eigenvalue weighted by Gasteiger charge is 2.21. The first-order valence-corrected chi connectivity index (χ1v) is 10.2. The van der Waals surface area contributed by atoms with Crippen LogP contribution in [0.2, 0.25) is 0 Å². The average Bonchev–Trinajstić information content (AvgIpc) is 2.80. The van der Waals surface area contributed by atoms with E-state index in [1.807, 2.05) is 60.7 Å². The number of fused-ring (bicyclic) bond motifs is 1. The molecule has 0 spiro atoms. The lowest BCUT2D eigenvalue weighted by atomic mass is 10.0. The second-order valence-corrected chi connectivity index (χ2v) is 7.29. The van der Waals surface area contributed by atoms with E-state index in [1.54, 1.807) is 36.4 Å². The zero-order valence-electron chi connectivity index (χ0n) is 17.2. The normalized spacial score (nSPS) is 11.5. The van der Waals surface area contributed by atoms with Gasteiger partial charge in [0.2, 0.25) is 0 Å². The molecule has 4 rings (SSSR count). The molecule has 6 nitrogen and oxygen atoms in total. The summed E-state index contributed by atoms with van der Waals surface area (Å²) >= 11 is 0. The number of anilines is 1. The van der Waals surface area contributed by atoms with Gasteiger partial charge in [-0.25, -0.2) is 9.59 Å². The molecule has 0 aliphatic heterocycles. The van der Waals surface area contributed by atoms with E-state index in [2.05, 4.69) is 10.6 Å². The third-order valence-corrected chi connectivity index (χ3v) is 4.96. The summed E-state index contributed by atoms with van der Waals surface area (Å²) in [6, 6.07) is 28.1. The van der Waals surface area contributed by atoms with Crippen molar-refractivity contribution >= 4 is 28.5 Å². The standard InChI is InChI=1S/C26H22N2O4/c29-25(30)23(17-18-14-15-19-8-4-5-9-20(19)16-18)28-26(31)27-22-12-6-7-13-24(22)32-21-10-2-1-3-11-21/h1-16,23H,17H2,(H,29,30)(H2,27,28,31)/t23-/m1/s1. The van der Waals surface area contributed by atoms with Gasteiger partial charge in [-0.1, -0.05) is 72.8 Å². The van der Waals surface area contributed by atoms with Gasteiger partial charge in [0.15, 0.2) is 5.75 Å². The molecule has 32 heavy (non-hydrogen) atoms. The van der Waals surface area contributed by atoms with Crippen molar-refractivity contribution in [2.75, 3.05) is 5.32 Å². The summed E-state index contributed by atoms with van der Waals surface area (Å²) in [4.78, 5) is 24.4. The molecule has 0 aliphatic rings. The number of rotatable bonds is 7. The summed E-state index contributed by atoms with van der Waals surface area (Å²) in [5, 5.41) is 17.0. The van der Waals surface area contributed by atoms with Gasteiger partial charge in [-0.15, -0.1) is 0 Å². The van der Waals surface area contributed by atoms with Gasteiger partial charge in [0.1, 0.15) is 11.8 Å². The van der Waals surface area contributed by atoms with Crippen LogP contribution in [0.3, 0.4) is 0 Å². The Bertz CT molecular complexity index is 1240. The van der Waals surface area contributed by atoms with Gasteiger partial charge in [-0.2, -0.15) is 0 Å². The molecule has 2 amide bonds. The summed E-state index contributed by atoms with van der Waals surface area (Å²) < 4.78 is 5.84. The van der Waals surface area contributed by atoms with Crippen molar-refractivity contribution in [3.05, 3.63) is 103 Å². The van der Waals surface area contributed by atoms with Gasteiger partial charge in [0.25, 0.3) is 0 Å². The van der Waals surface area contributed by atoms with Gasteiger partial charge in [0.05, 0.1) is 5.69 Å². The second kappa shape index (κ2) is 9.66. The minimum absolute atomic E-state index is 0.162. The fraction of sp³-hybridized carbons (Fsp3) is 0.0769. The lowest BCUT2D eigenvalue weighted by molar-refractivity contribution is -0.139. The molecule has 4 aromatic carbocycles. The molecule has 0 bridgehead atoms. The Hall–Kier alpha value is -4.32. The largest absolute Gasteiger partial charge is 0.480 e. The Morgan fingerprint density at radius 3 is 2.28 bits per heavy atom. The van der Waals surface area contributed by atoms with Crippen LogP contribution >= 0.6 is 0 Å². The highest BCUT2D eigenvalue weighted by Crippen LogP contribution is 2.29. The number of hydrogen-bond donors (Lipinski definition) is 3. The van der Waals surface area contributed by atoms with Crippen molar-refractivity contribution in [2.45, 2.75) is 12.5 Å². The number of carbonyl (C=O) groups is 2. The highest BCUT2D eigenvalue weighted by atomic mass is 16.5. The first kappa shape index (κ1) is 20.9. The Morgan fingerprint density at radius 1 is 0.812 bits per heavy atom. The van der Waals surface area contributed by atoms with Gasteiger partial charge >= 0.3 is 12.0 Å². The van der Waals surface area contributed by atoms with E-state index >= 15 is 0 Å². The maximum Gasteiger partial charge on any atom is 0.326 e. The second-order valence-electron chi connectivity index (χ2n) is 7.29. The predicted octanol–water partition coefficient (Wildman–Crippen LogP) is 5.45. The molecular weight excluding hydrogens is 404 g/mol. The van der Waals surface area contributed by atoms with Crippen LogP contribution in [-0.4, -0.2) is 23.1 Å². The Morgan fingerprint density at radius 2 is 1.50 bits per heavy atom. The van der Waals surface area contributed by atoms with Crippen molar-refractivity contribution in [1.82, 2.24) is 5.32 Å². The van der Waals surface area contributed by atoms with Crippen LogP contribution in [-0.2, 0) is 11.2 Å². The maximum atomic E-state index is 12.6. The summed E-state index contributed by atoms with van der Waals surface area (Å²) in [6.07, 6.45) is 0.162. The van der Waals surface area contributed by atoms with E-state index in [0.29, 0.717) is 17.2 Å². The zero-order chi connectivity index (χ0) is 22.3. The monoisotopic (exact) mass is 426 g/mol. The number of urea groups is 1. The van der Waals surface area contributed by atoms with Crippen LogP contribution in [0.5, 0.6) is 11.5 Å². The van der Waals surface area contributed by atoms with Crippen LogP contribution in [0, 0.1) is 0 Å². The summed E-state index contributed by atoms with van der Waals surface area (Å²) in [6.45, 7) is 0. The fourth-order valence-electron chi connectivity index (χ4n) is 3.39. The molecule has 0 heterocycles.